The molecule has 0 fully saturated rings. The summed E-state index contributed by atoms with van der Waals surface area (Å²) in [6.07, 6.45) is -4.01. The van der Waals surface area contributed by atoms with Crippen LogP contribution in [0.25, 0.3) is 5.69 Å². The summed E-state index contributed by atoms with van der Waals surface area (Å²) in [6, 6.07) is 10.6. The van der Waals surface area contributed by atoms with Crippen LogP contribution in [0.1, 0.15) is 28.5 Å². The van der Waals surface area contributed by atoms with Crippen LogP contribution in [0.2, 0.25) is 0 Å². The van der Waals surface area contributed by atoms with Gasteiger partial charge in [0.05, 0.1) is 39.8 Å². The molecule has 2 aromatic carbocycles. The SMILES string of the molecule is CCOC(=O)c1ccc(NC(=O)CSc2nc3c(c(=O)n2-c2cccc(C(F)(F)F)c2)SCC3)cc1. The van der Waals surface area contributed by atoms with Crippen molar-refractivity contribution in [3.63, 3.8) is 0 Å². The smallest absolute Gasteiger partial charge is 0.416 e. The zero-order valence-electron chi connectivity index (χ0n) is 18.9. The lowest BCUT2D eigenvalue weighted by Gasteiger charge is -2.15. The first-order valence-corrected chi connectivity index (χ1v) is 12.8. The third-order valence-corrected chi connectivity index (χ3v) is 7.16. The predicted molar refractivity (Wildman–Crippen MR) is 131 cm³/mol. The minimum atomic E-state index is -4.57. The van der Waals surface area contributed by atoms with Gasteiger partial charge >= 0.3 is 12.1 Å². The summed E-state index contributed by atoms with van der Waals surface area (Å²) < 4.78 is 45.9. The van der Waals surface area contributed by atoms with Crippen molar-refractivity contribution in [2.24, 2.45) is 0 Å². The van der Waals surface area contributed by atoms with E-state index < -0.39 is 29.2 Å². The second-order valence-corrected chi connectivity index (χ2v) is 9.64. The van der Waals surface area contributed by atoms with Gasteiger partial charge in [-0.2, -0.15) is 13.2 Å². The first-order valence-electron chi connectivity index (χ1n) is 10.8. The lowest BCUT2D eigenvalue weighted by atomic mass is 10.2. The fourth-order valence-electron chi connectivity index (χ4n) is 3.47. The molecular formula is C24H20F3N3O4S2. The highest BCUT2D eigenvalue weighted by Gasteiger charge is 2.31. The van der Waals surface area contributed by atoms with Crippen molar-refractivity contribution in [1.82, 2.24) is 9.55 Å². The molecule has 0 bridgehead atoms. The topological polar surface area (TPSA) is 90.3 Å². The van der Waals surface area contributed by atoms with Gasteiger partial charge in [-0.3, -0.25) is 14.2 Å². The number of hydrogen-bond acceptors (Lipinski definition) is 7. The molecule has 3 aromatic rings. The van der Waals surface area contributed by atoms with E-state index in [0.29, 0.717) is 34.0 Å². The van der Waals surface area contributed by atoms with Gasteiger partial charge in [0.15, 0.2) is 5.16 Å². The first-order chi connectivity index (χ1) is 17.2. The lowest BCUT2D eigenvalue weighted by molar-refractivity contribution is -0.137. The van der Waals surface area contributed by atoms with Crippen LogP contribution in [0.5, 0.6) is 0 Å². The van der Waals surface area contributed by atoms with Gasteiger partial charge < -0.3 is 10.1 Å². The highest BCUT2D eigenvalue weighted by atomic mass is 32.2. The molecule has 188 valence electrons. The second-order valence-electron chi connectivity index (χ2n) is 7.59. The molecule has 4 rings (SSSR count). The Hall–Kier alpha value is -3.25. The Bertz CT molecular complexity index is 1360. The van der Waals surface area contributed by atoms with Crippen LogP contribution in [0, 0.1) is 0 Å². The fraction of sp³-hybridized carbons (Fsp3) is 0.250. The molecule has 0 atom stereocenters. The van der Waals surface area contributed by atoms with Crippen molar-refractivity contribution in [1.29, 1.82) is 0 Å². The van der Waals surface area contributed by atoms with E-state index in [0.717, 1.165) is 28.5 Å². The number of thioether (sulfide) groups is 2. The number of ether oxygens (including phenoxy) is 1. The maximum Gasteiger partial charge on any atom is 0.416 e. The van der Waals surface area contributed by atoms with Crippen molar-refractivity contribution in [2.45, 2.75) is 29.6 Å². The molecule has 1 aliphatic heterocycles. The van der Waals surface area contributed by atoms with Crippen LogP contribution in [-0.4, -0.2) is 39.5 Å². The summed E-state index contributed by atoms with van der Waals surface area (Å²) >= 11 is 2.27. The number of nitrogens with one attached hydrogen (secondary N) is 1. The van der Waals surface area contributed by atoms with Gasteiger partial charge in [-0.05, 0) is 49.4 Å². The molecule has 0 saturated heterocycles. The number of esters is 1. The Kier molecular flexibility index (Phi) is 7.74. The predicted octanol–water partition coefficient (Wildman–Crippen LogP) is 4.81. The zero-order valence-corrected chi connectivity index (χ0v) is 20.6. The van der Waals surface area contributed by atoms with Crippen LogP contribution in [0.4, 0.5) is 18.9 Å². The maximum absolute atomic E-state index is 13.3. The number of aryl methyl sites for hydroxylation is 1. The van der Waals surface area contributed by atoms with E-state index in [1.54, 1.807) is 19.1 Å². The van der Waals surface area contributed by atoms with Crippen molar-refractivity contribution >= 4 is 41.1 Å². The minimum absolute atomic E-state index is 0.0232. The van der Waals surface area contributed by atoms with Crippen LogP contribution in [0.3, 0.4) is 0 Å². The molecular weight excluding hydrogens is 515 g/mol. The van der Waals surface area contributed by atoms with Crippen molar-refractivity contribution < 1.29 is 27.5 Å². The lowest BCUT2D eigenvalue weighted by Crippen LogP contribution is -2.25. The number of amides is 1. The van der Waals surface area contributed by atoms with E-state index in [2.05, 4.69) is 10.3 Å². The van der Waals surface area contributed by atoms with E-state index in [-0.39, 0.29) is 23.2 Å². The van der Waals surface area contributed by atoms with Gasteiger partial charge in [-0.1, -0.05) is 17.8 Å². The fourth-order valence-corrected chi connectivity index (χ4v) is 5.32. The highest BCUT2D eigenvalue weighted by molar-refractivity contribution is 8.00. The normalized spacial score (nSPS) is 12.8. The van der Waals surface area contributed by atoms with Crippen LogP contribution in [0.15, 0.2) is 63.4 Å². The maximum atomic E-state index is 13.3. The number of nitrogens with zero attached hydrogens (tertiary/aromatic N) is 2. The number of rotatable bonds is 7. The Morgan fingerprint density at radius 1 is 1.19 bits per heavy atom. The number of benzene rings is 2. The average Bonchev–Trinajstić information content (AvgIpc) is 3.32. The van der Waals surface area contributed by atoms with Crippen LogP contribution in [-0.2, 0) is 22.1 Å². The molecule has 12 heteroatoms. The summed E-state index contributed by atoms with van der Waals surface area (Å²) in [5.74, 6) is -0.379. The third kappa shape index (κ3) is 5.76. The van der Waals surface area contributed by atoms with Gasteiger partial charge in [-0.25, -0.2) is 9.78 Å². The molecule has 36 heavy (non-hydrogen) atoms. The molecule has 0 saturated carbocycles. The van der Waals surface area contributed by atoms with Crippen LogP contribution < -0.4 is 10.9 Å². The molecule has 1 aliphatic rings. The van der Waals surface area contributed by atoms with Crippen molar-refractivity contribution in [3.8, 4) is 5.69 Å². The highest BCUT2D eigenvalue weighted by Crippen LogP contribution is 2.33. The quantitative estimate of drug-likeness (QED) is 0.264. The largest absolute Gasteiger partial charge is 0.462 e. The summed E-state index contributed by atoms with van der Waals surface area (Å²) in [6.45, 7) is 1.95. The number of anilines is 1. The number of aromatic nitrogens is 2. The number of alkyl halides is 3. The molecule has 0 radical (unpaired) electrons. The van der Waals surface area contributed by atoms with E-state index in [4.69, 9.17) is 4.74 Å². The Morgan fingerprint density at radius 2 is 1.94 bits per heavy atom. The van der Waals surface area contributed by atoms with E-state index in [1.165, 1.54) is 36.0 Å². The number of carbonyl (C=O) groups is 2. The summed E-state index contributed by atoms with van der Waals surface area (Å²) in [5, 5.41) is 2.82. The standard InChI is InChI=1S/C24H20F3N3O4S2/c1-2-34-22(33)14-6-8-16(9-7-14)28-19(31)13-36-23-29-18-10-11-35-20(18)21(32)30(23)17-5-3-4-15(12-17)24(25,26)27/h3-9,12H,2,10-11,13H2,1H3,(H,28,31). The van der Waals surface area contributed by atoms with Gasteiger partial charge in [0.25, 0.3) is 5.56 Å². The van der Waals surface area contributed by atoms with Crippen LogP contribution >= 0.6 is 23.5 Å². The van der Waals surface area contributed by atoms with E-state index in [1.807, 2.05) is 0 Å². The van der Waals surface area contributed by atoms with Gasteiger partial charge in [0.2, 0.25) is 5.91 Å². The number of carbonyl (C=O) groups excluding carboxylic acids is 2. The molecule has 1 N–H and O–H groups in total. The van der Waals surface area contributed by atoms with Gasteiger partial charge in [0.1, 0.15) is 0 Å². The summed E-state index contributed by atoms with van der Waals surface area (Å²) in [4.78, 5) is 42.4. The monoisotopic (exact) mass is 535 g/mol. The van der Waals surface area contributed by atoms with E-state index >= 15 is 0 Å². The molecule has 2 heterocycles. The second kappa shape index (κ2) is 10.8. The summed E-state index contributed by atoms with van der Waals surface area (Å²) in [5.41, 5.74) is 0.0387. The number of halogens is 3. The van der Waals surface area contributed by atoms with Gasteiger partial charge in [-0.15, -0.1) is 11.8 Å². The summed E-state index contributed by atoms with van der Waals surface area (Å²) in [7, 11) is 0. The molecule has 7 nitrogen and oxygen atoms in total. The number of hydrogen-bond donors (Lipinski definition) is 1. The van der Waals surface area contributed by atoms with E-state index in [9.17, 15) is 27.6 Å². The van der Waals surface area contributed by atoms with Crippen molar-refractivity contribution in [3.05, 3.63) is 75.7 Å². The Balaban J connectivity index is 1.56. The molecule has 0 aliphatic carbocycles. The molecule has 0 unspecified atom stereocenters. The Labute approximate surface area is 212 Å². The van der Waals surface area contributed by atoms with Crippen molar-refractivity contribution in [2.75, 3.05) is 23.4 Å². The molecule has 1 aromatic heterocycles. The Morgan fingerprint density at radius 3 is 2.64 bits per heavy atom. The third-order valence-electron chi connectivity index (χ3n) is 5.11. The minimum Gasteiger partial charge on any atom is -0.462 e. The molecule has 0 spiro atoms. The average molecular weight is 536 g/mol. The van der Waals surface area contributed by atoms with Gasteiger partial charge in [0, 0.05) is 17.9 Å². The first kappa shape index (κ1) is 25.8. The number of fused-ring (bicyclic) bond motifs is 1. The molecule has 1 amide bonds. The zero-order chi connectivity index (χ0) is 25.9.